The maximum Gasteiger partial charge on any atom is 0.271 e. The Morgan fingerprint density at radius 2 is 1.94 bits per heavy atom. The van der Waals surface area contributed by atoms with Gasteiger partial charge in [0.05, 0.1) is 23.0 Å². The Kier molecular flexibility index (Phi) is 7.74. The molecule has 3 rings (SSSR count). The first-order valence-corrected chi connectivity index (χ1v) is 10.8. The van der Waals surface area contributed by atoms with Gasteiger partial charge >= 0.3 is 0 Å². The summed E-state index contributed by atoms with van der Waals surface area (Å²) in [6.45, 7) is 1.35. The van der Waals surface area contributed by atoms with Gasteiger partial charge in [0, 0.05) is 24.7 Å². The maximum absolute atomic E-state index is 12.4. The molecule has 3 aromatic rings. The van der Waals surface area contributed by atoms with Crippen molar-refractivity contribution < 1.29 is 19.6 Å². The predicted molar refractivity (Wildman–Crippen MR) is 122 cm³/mol. The zero-order valence-electron chi connectivity index (χ0n) is 17.9. The summed E-state index contributed by atoms with van der Waals surface area (Å²) in [6, 6.07) is 12.0. The van der Waals surface area contributed by atoms with E-state index in [0.717, 1.165) is 11.8 Å². The Balaban J connectivity index is 1.63. The molecule has 0 saturated carbocycles. The number of nitro benzene ring substituents is 1. The third-order valence-corrected chi connectivity index (χ3v) is 5.76. The van der Waals surface area contributed by atoms with Crippen LogP contribution >= 0.6 is 11.8 Å². The first kappa shape index (κ1) is 23.9. The van der Waals surface area contributed by atoms with E-state index in [2.05, 4.69) is 20.8 Å². The number of benzene rings is 2. The summed E-state index contributed by atoms with van der Waals surface area (Å²) < 4.78 is 1.59. The number of amides is 2. The number of aromatic nitrogens is 3. The van der Waals surface area contributed by atoms with E-state index in [-0.39, 0.29) is 29.9 Å². The number of hydrogen-bond acceptors (Lipinski definition) is 8. The molecule has 0 bridgehead atoms. The standard InChI is InChI=1S/C21H22N6O5S/c1-13-8-9-15(27(31)32)10-16(13)22-18(29)12-33-21-25-24-19(26(21)2)17(11-28)23-20(30)14-6-4-3-5-7-14/h3-10,17,28H,11-12H2,1-2H3,(H,22,29)(H,23,30)/t17-/m1/s1. The van der Waals surface area contributed by atoms with E-state index < -0.39 is 11.0 Å². The van der Waals surface area contributed by atoms with Gasteiger partial charge in [0.25, 0.3) is 11.6 Å². The number of aliphatic hydroxyl groups excluding tert-OH is 1. The van der Waals surface area contributed by atoms with Crippen molar-refractivity contribution >= 4 is 35.0 Å². The van der Waals surface area contributed by atoms with Gasteiger partial charge in [-0.05, 0) is 24.6 Å². The number of rotatable bonds is 9. The van der Waals surface area contributed by atoms with E-state index >= 15 is 0 Å². The lowest BCUT2D eigenvalue weighted by Gasteiger charge is -2.16. The summed E-state index contributed by atoms with van der Waals surface area (Å²) in [4.78, 5) is 35.2. The number of non-ortho nitro benzene ring substituents is 1. The van der Waals surface area contributed by atoms with Crippen LogP contribution in [0.25, 0.3) is 0 Å². The van der Waals surface area contributed by atoms with E-state index in [1.807, 2.05) is 0 Å². The quantitative estimate of drug-likeness (QED) is 0.245. The lowest BCUT2D eigenvalue weighted by molar-refractivity contribution is -0.384. The van der Waals surface area contributed by atoms with E-state index in [4.69, 9.17) is 0 Å². The molecular weight excluding hydrogens is 448 g/mol. The molecule has 0 fully saturated rings. The molecule has 0 spiro atoms. The zero-order valence-corrected chi connectivity index (χ0v) is 18.7. The lowest BCUT2D eigenvalue weighted by atomic mass is 10.2. The molecule has 0 unspecified atom stereocenters. The average molecular weight is 471 g/mol. The van der Waals surface area contributed by atoms with Crippen LogP contribution in [0.5, 0.6) is 0 Å². The van der Waals surface area contributed by atoms with Crippen LogP contribution in [0.1, 0.15) is 27.8 Å². The number of nitro groups is 1. The van der Waals surface area contributed by atoms with Crippen LogP contribution in [0.4, 0.5) is 11.4 Å². The summed E-state index contributed by atoms with van der Waals surface area (Å²) >= 11 is 1.10. The Morgan fingerprint density at radius 1 is 1.21 bits per heavy atom. The number of carbonyl (C=O) groups excluding carboxylic acids is 2. The number of nitrogens with zero attached hydrogens (tertiary/aromatic N) is 4. The number of carbonyl (C=O) groups is 2. The van der Waals surface area contributed by atoms with Crippen molar-refractivity contribution in [2.75, 3.05) is 17.7 Å². The fraction of sp³-hybridized carbons (Fsp3) is 0.238. The van der Waals surface area contributed by atoms with Gasteiger partial charge in [-0.15, -0.1) is 10.2 Å². The molecule has 1 aromatic heterocycles. The molecule has 3 N–H and O–H groups in total. The van der Waals surface area contributed by atoms with Gasteiger partial charge in [0.1, 0.15) is 6.04 Å². The van der Waals surface area contributed by atoms with Crippen molar-refractivity contribution in [1.82, 2.24) is 20.1 Å². The molecule has 0 radical (unpaired) electrons. The highest BCUT2D eigenvalue weighted by Crippen LogP contribution is 2.23. The minimum Gasteiger partial charge on any atom is -0.394 e. The first-order valence-electron chi connectivity index (χ1n) is 9.84. The molecule has 0 aliphatic rings. The van der Waals surface area contributed by atoms with E-state index in [1.54, 1.807) is 54.9 Å². The van der Waals surface area contributed by atoms with Crippen molar-refractivity contribution in [3.05, 3.63) is 75.6 Å². The topological polar surface area (TPSA) is 152 Å². The molecule has 1 atom stereocenters. The highest BCUT2D eigenvalue weighted by Gasteiger charge is 2.22. The van der Waals surface area contributed by atoms with Gasteiger partial charge in [0.15, 0.2) is 11.0 Å². The number of anilines is 1. The molecule has 0 aliphatic heterocycles. The molecule has 33 heavy (non-hydrogen) atoms. The summed E-state index contributed by atoms with van der Waals surface area (Å²) in [6.07, 6.45) is 0. The molecule has 12 heteroatoms. The van der Waals surface area contributed by atoms with Gasteiger partial charge in [-0.3, -0.25) is 19.7 Å². The monoisotopic (exact) mass is 470 g/mol. The minimum absolute atomic E-state index is 0.0196. The second-order valence-electron chi connectivity index (χ2n) is 7.07. The van der Waals surface area contributed by atoms with E-state index in [1.165, 1.54) is 12.1 Å². The summed E-state index contributed by atoms with van der Waals surface area (Å²) in [7, 11) is 1.66. The smallest absolute Gasteiger partial charge is 0.271 e. The molecule has 172 valence electrons. The normalized spacial score (nSPS) is 11.6. The predicted octanol–water partition coefficient (Wildman–Crippen LogP) is 2.23. The van der Waals surface area contributed by atoms with Crippen LogP contribution in [0.15, 0.2) is 53.7 Å². The lowest BCUT2D eigenvalue weighted by Crippen LogP contribution is -2.32. The van der Waals surface area contributed by atoms with E-state index in [0.29, 0.717) is 27.8 Å². The Labute approximate surface area is 193 Å². The second-order valence-corrected chi connectivity index (χ2v) is 8.01. The van der Waals surface area contributed by atoms with Gasteiger partial charge in [-0.25, -0.2) is 0 Å². The molecule has 0 aliphatic carbocycles. The molecule has 0 saturated heterocycles. The van der Waals surface area contributed by atoms with Crippen LogP contribution in [0.2, 0.25) is 0 Å². The first-order chi connectivity index (χ1) is 15.8. The molecular formula is C21H22N6O5S. The van der Waals surface area contributed by atoms with Gasteiger partial charge in [-0.1, -0.05) is 36.0 Å². The van der Waals surface area contributed by atoms with Crippen molar-refractivity contribution in [1.29, 1.82) is 0 Å². The van der Waals surface area contributed by atoms with Gasteiger partial charge in [0.2, 0.25) is 5.91 Å². The van der Waals surface area contributed by atoms with Crippen molar-refractivity contribution in [2.24, 2.45) is 7.05 Å². The van der Waals surface area contributed by atoms with Gasteiger partial charge in [-0.2, -0.15) is 0 Å². The SMILES string of the molecule is Cc1ccc([N+](=O)[O-])cc1NC(=O)CSc1nnc([C@@H](CO)NC(=O)c2ccccc2)n1C. The Bertz CT molecular complexity index is 1170. The van der Waals surface area contributed by atoms with Crippen LogP contribution in [0.3, 0.4) is 0 Å². The van der Waals surface area contributed by atoms with Crippen LogP contribution < -0.4 is 10.6 Å². The summed E-state index contributed by atoms with van der Waals surface area (Å²) in [5, 5.41) is 34.6. The minimum atomic E-state index is -0.786. The number of aliphatic hydroxyl groups is 1. The van der Waals surface area contributed by atoms with E-state index in [9.17, 15) is 24.8 Å². The number of nitrogens with one attached hydrogen (secondary N) is 2. The van der Waals surface area contributed by atoms with Crippen LogP contribution in [-0.2, 0) is 11.8 Å². The maximum atomic E-state index is 12.4. The summed E-state index contributed by atoms with van der Waals surface area (Å²) in [5.41, 5.74) is 1.38. The Hall–Kier alpha value is -3.77. The van der Waals surface area contributed by atoms with Crippen molar-refractivity contribution in [2.45, 2.75) is 18.1 Å². The third-order valence-electron chi connectivity index (χ3n) is 4.74. The highest BCUT2D eigenvalue weighted by atomic mass is 32.2. The fourth-order valence-electron chi connectivity index (χ4n) is 2.95. The van der Waals surface area contributed by atoms with Crippen LogP contribution in [0, 0.1) is 17.0 Å². The third kappa shape index (κ3) is 5.93. The van der Waals surface area contributed by atoms with Crippen LogP contribution in [-0.4, -0.2) is 49.0 Å². The molecule has 2 aromatic carbocycles. The molecule has 11 nitrogen and oxygen atoms in total. The fourth-order valence-corrected chi connectivity index (χ4v) is 3.67. The molecule has 1 heterocycles. The molecule has 2 amide bonds. The highest BCUT2D eigenvalue weighted by molar-refractivity contribution is 7.99. The number of aryl methyl sites for hydroxylation is 1. The van der Waals surface area contributed by atoms with Gasteiger partial charge < -0.3 is 20.3 Å². The number of thioether (sulfide) groups is 1. The summed E-state index contributed by atoms with van der Waals surface area (Å²) in [5.74, 6) is -0.420. The zero-order chi connectivity index (χ0) is 24.0. The average Bonchev–Trinajstić information content (AvgIpc) is 3.17. The largest absolute Gasteiger partial charge is 0.394 e. The van der Waals surface area contributed by atoms with Crippen molar-refractivity contribution in [3.63, 3.8) is 0 Å². The Morgan fingerprint density at radius 3 is 2.61 bits per heavy atom. The van der Waals surface area contributed by atoms with Crippen molar-refractivity contribution in [3.8, 4) is 0 Å². The second kappa shape index (κ2) is 10.7. The number of hydrogen-bond donors (Lipinski definition) is 3.